The van der Waals surface area contributed by atoms with Gasteiger partial charge < -0.3 is 14.4 Å². The van der Waals surface area contributed by atoms with Crippen molar-refractivity contribution in [2.75, 3.05) is 31.2 Å². The molecule has 3 aromatic carbocycles. The Hall–Kier alpha value is -3.44. The summed E-state index contributed by atoms with van der Waals surface area (Å²) in [4.78, 5) is 11.7. The van der Waals surface area contributed by atoms with Crippen molar-refractivity contribution in [1.82, 2.24) is 9.97 Å². The van der Waals surface area contributed by atoms with Crippen molar-refractivity contribution in [1.29, 1.82) is 0 Å². The number of ether oxygens (including phenoxy) is 2. The molecule has 5 heteroatoms. The first-order chi connectivity index (χ1) is 14.9. The van der Waals surface area contributed by atoms with Crippen LogP contribution in [0.1, 0.15) is 5.56 Å². The highest BCUT2D eigenvalue weighted by molar-refractivity contribution is 5.83. The maximum absolute atomic E-state index is 6.15. The molecule has 2 heterocycles. The lowest BCUT2D eigenvalue weighted by molar-refractivity contribution is 0.122. The van der Waals surface area contributed by atoms with Crippen molar-refractivity contribution in [3.05, 3.63) is 84.6 Å². The molecule has 1 aliphatic rings. The van der Waals surface area contributed by atoms with E-state index < -0.39 is 0 Å². The zero-order valence-corrected chi connectivity index (χ0v) is 16.7. The molecule has 5 rings (SSSR count). The van der Waals surface area contributed by atoms with Crippen molar-refractivity contribution in [2.24, 2.45) is 0 Å². The van der Waals surface area contributed by atoms with Gasteiger partial charge in [-0.1, -0.05) is 54.6 Å². The molecule has 1 aliphatic heterocycles. The predicted molar refractivity (Wildman–Crippen MR) is 119 cm³/mol. The average Bonchev–Trinajstić information content (AvgIpc) is 2.83. The third kappa shape index (κ3) is 3.98. The van der Waals surface area contributed by atoms with Gasteiger partial charge in [-0.2, -0.15) is 0 Å². The van der Waals surface area contributed by atoms with Crippen LogP contribution in [-0.2, 0) is 11.3 Å². The normalized spacial score (nSPS) is 14.1. The topological polar surface area (TPSA) is 47.5 Å². The fourth-order valence-electron chi connectivity index (χ4n) is 3.68. The molecule has 1 fully saturated rings. The summed E-state index contributed by atoms with van der Waals surface area (Å²) in [6.07, 6.45) is 1.85. The van der Waals surface area contributed by atoms with Gasteiger partial charge in [0.1, 0.15) is 18.2 Å². The first-order valence-electron chi connectivity index (χ1n) is 10.2. The first-order valence-corrected chi connectivity index (χ1v) is 10.2. The molecular formula is C25H23N3O2. The third-order valence-electron chi connectivity index (χ3n) is 5.30. The number of anilines is 1. The van der Waals surface area contributed by atoms with Crippen LogP contribution in [0.5, 0.6) is 5.75 Å². The first kappa shape index (κ1) is 18.6. The van der Waals surface area contributed by atoms with E-state index in [4.69, 9.17) is 14.5 Å². The van der Waals surface area contributed by atoms with Gasteiger partial charge in [-0.3, -0.25) is 4.98 Å². The number of hydrogen-bond acceptors (Lipinski definition) is 5. The second kappa shape index (κ2) is 8.51. The molecule has 1 saturated heterocycles. The minimum Gasteiger partial charge on any atom is -0.488 e. The Morgan fingerprint density at radius 3 is 2.53 bits per heavy atom. The number of nitrogens with zero attached hydrogens (tertiary/aromatic N) is 3. The van der Waals surface area contributed by atoms with Crippen molar-refractivity contribution in [3.63, 3.8) is 0 Å². The highest BCUT2D eigenvalue weighted by atomic mass is 16.5. The van der Waals surface area contributed by atoms with Crippen LogP contribution in [0, 0.1) is 0 Å². The fourth-order valence-corrected chi connectivity index (χ4v) is 3.68. The summed E-state index contributed by atoms with van der Waals surface area (Å²) in [5, 5.41) is 0. The summed E-state index contributed by atoms with van der Waals surface area (Å²) in [6, 6.07) is 24.5. The van der Waals surface area contributed by atoms with Gasteiger partial charge in [-0.15, -0.1) is 0 Å². The second-order valence-corrected chi connectivity index (χ2v) is 7.30. The molecule has 0 radical (unpaired) electrons. The van der Waals surface area contributed by atoms with E-state index in [0.29, 0.717) is 6.61 Å². The molecule has 5 nitrogen and oxygen atoms in total. The van der Waals surface area contributed by atoms with Gasteiger partial charge in [0.15, 0.2) is 0 Å². The standard InChI is InChI=1S/C25H23N3O2/c1-2-6-19(7-3-1)18-30-24-9-5-4-8-21(24)20-10-11-22-23(16-20)27-25(17-26-22)28-12-14-29-15-13-28/h1-11,16-17H,12-15,18H2. The van der Waals surface area contributed by atoms with E-state index in [-0.39, 0.29) is 0 Å². The Bertz CT molecular complexity index is 1140. The van der Waals surface area contributed by atoms with Gasteiger partial charge in [-0.25, -0.2) is 4.98 Å². The molecule has 0 spiro atoms. The van der Waals surface area contributed by atoms with E-state index in [1.54, 1.807) is 0 Å². The van der Waals surface area contributed by atoms with Crippen molar-refractivity contribution in [3.8, 4) is 16.9 Å². The van der Waals surface area contributed by atoms with E-state index in [2.05, 4.69) is 40.2 Å². The van der Waals surface area contributed by atoms with Crippen LogP contribution in [0.15, 0.2) is 79.0 Å². The molecule has 1 aromatic heterocycles. The lowest BCUT2D eigenvalue weighted by Gasteiger charge is -2.27. The molecule has 0 bridgehead atoms. The summed E-state index contributed by atoms with van der Waals surface area (Å²) in [6.45, 7) is 3.68. The van der Waals surface area contributed by atoms with E-state index in [1.165, 1.54) is 0 Å². The predicted octanol–water partition coefficient (Wildman–Crippen LogP) is 4.71. The number of fused-ring (bicyclic) bond motifs is 1. The lowest BCUT2D eigenvalue weighted by Crippen LogP contribution is -2.36. The zero-order chi connectivity index (χ0) is 20.2. The van der Waals surface area contributed by atoms with Crippen LogP contribution in [0.25, 0.3) is 22.2 Å². The number of hydrogen-bond donors (Lipinski definition) is 0. The lowest BCUT2D eigenvalue weighted by atomic mass is 10.0. The zero-order valence-electron chi connectivity index (χ0n) is 16.7. The molecule has 150 valence electrons. The summed E-state index contributed by atoms with van der Waals surface area (Å²) in [5.41, 5.74) is 5.04. The average molecular weight is 397 g/mol. The number of benzene rings is 3. The molecule has 0 amide bonds. The fraction of sp³-hybridized carbons (Fsp3) is 0.200. The number of morpholine rings is 1. The SMILES string of the molecule is c1ccc(COc2ccccc2-c2ccc3ncc(N4CCOCC4)nc3c2)cc1. The summed E-state index contributed by atoms with van der Waals surface area (Å²) < 4.78 is 11.6. The van der Waals surface area contributed by atoms with Gasteiger partial charge in [0, 0.05) is 18.7 Å². The molecule has 0 aliphatic carbocycles. The van der Waals surface area contributed by atoms with E-state index in [0.717, 1.165) is 65.6 Å². The van der Waals surface area contributed by atoms with Crippen LogP contribution in [0.4, 0.5) is 5.82 Å². The Morgan fingerprint density at radius 1 is 0.867 bits per heavy atom. The van der Waals surface area contributed by atoms with Crippen molar-refractivity contribution in [2.45, 2.75) is 6.61 Å². The van der Waals surface area contributed by atoms with Crippen LogP contribution < -0.4 is 9.64 Å². The Labute approximate surface area is 175 Å². The third-order valence-corrected chi connectivity index (χ3v) is 5.30. The van der Waals surface area contributed by atoms with Crippen LogP contribution in [-0.4, -0.2) is 36.3 Å². The minimum atomic E-state index is 0.534. The molecule has 30 heavy (non-hydrogen) atoms. The van der Waals surface area contributed by atoms with Crippen LogP contribution in [0.3, 0.4) is 0 Å². The Kier molecular flexibility index (Phi) is 5.27. The van der Waals surface area contributed by atoms with E-state index in [1.807, 2.05) is 48.7 Å². The maximum atomic E-state index is 6.15. The Balaban J connectivity index is 1.45. The van der Waals surface area contributed by atoms with Crippen LogP contribution >= 0.6 is 0 Å². The Morgan fingerprint density at radius 2 is 1.67 bits per heavy atom. The van der Waals surface area contributed by atoms with Gasteiger partial charge in [-0.05, 0) is 29.3 Å². The monoisotopic (exact) mass is 397 g/mol. The van der Waals surface area contributed by atoms with Gasteiger partial charge in [0.2, 0.25) is 0 Å². The second-order valence-electron chi connectivity index (χ2n) is 7.30. The highest BCUT2D eigenvalue weighted by Crippen LogP contribution is 2.32. The number of rotatable bonds is 5. The number of aromatic nitrogens is 2. The molecular weight excluding hydrogens is 374 g/mol. The molecule has 0 unspecified atom stereocenters. The smallest absolute Gasteiger partial charge is 0.148 e. The maximum Gasteiger partial charge on any atom is 0.148 e. The largest absolute Gasteiger partial charge is 0.488 e. The number of para-hydroxylation sites is 1. The molecule has 0 N–H and O–H groups in total. The summed E-state index contributed by atoms with van der Waals surface area (Å²) in [7, 11) is 0. The minimum absolute atomic E-state index is 0.534. The molecule has 4 aromatic rings. The van der Waals surface area contributed by atoms with Gasteiger partial charge in [0.25, 0.3) is 0 Å². The highest BCUT2D eigenvalue weighted by Gasteiger charge is 2.14. The summed E-state index contributed by atoms with van der Waals surface area (Å²) in [5.74, 6) is 1.76. The van der Waals surface area contributed by atoms with Crippen molar-refractivity contribution >= 4 is 16.9 Å². The van der Waals surface area contributed by atoms with Gasteiger partial charge in [0.05, 0.1) is 30.4 Å². The van der Waals surface area contributed by atoms with E-state index in [9.17, 15) is 0 Å². The van der Waals surface area contributed by atoms with E-state index >= 15 is 0 Å². The van der Waals surface area contributed by atoms with Crippen molar-refractivity contribution < 1.29 is 9.47 Å². The van der Waals surface area contributed by atoms with Crippen LogP contribution in [0.2, 0.25) is 0 Å². The molecule has 0 atom stereocenters. The molecule has 0 saturated carbocycles. The van der Waals surface area contributed by atoms with Gasteiger partial charge >= 0.3 is 0 Å². The summed E-state index contributed by atoms with van der Waals surface area (Å²) >= 11 is 0. The quantitative estimate of drug-likeness (QED) is 0.488.